The Bertz CT molecular complexity index is 815. The van der Waals surface area contributed by atoms with Crippen molar-refractivity contribution in [2.24, 2.45) is 0 Å². The second-order valence-electron chi connectivity index (χ2n) is 7.05. The Balaban J connectivity index is 2.41. The molecule has 2 rings (SSSR count). The number of ether oxygens (including phenoxy) is 2. The van der Waals surface area contributed by atoms with Crippen LogP contribution in [0.25, 0.3) is 10.9 Å². The Morgan fingerprint density at radius 3 is 2.69 bits per heavy atom. The molecule has 0 spiro atoms. The van der Waals surface area contributed by atoms with E-state index in [9.17, 15) is 14.9 Å². The standard InChI is InChI=1S/C16H24N4O5Si/c1-11(26(3,4)5)25-10-19-14-7-6-12(20(22)23)8-13(14)15(18-19)16(21)17-9-24-2/h6-8,11H,9-10H2,1-5H3,(H,17,21). The van der Waals surface area contributed by atoms with Crippen LogP contribution in [0.4, 0.5) is 5.69 Å². The second kappa shape index (κ2) is 7.93. The number of nitro benzene ring substituents is 1. The molecule has 9 nitrogen and oxygen atoms in total. The van der Waals surface area contributed by atoms with Crippen molar-refractivity contribution >= 4 is 30.6 Å². The summed E-state index contributed by atoms with van der Waals surface area (Å²) in [6.07, 6.45) is 0. The molecule has 0 aliphatic heterocycles. The van der Waals surface area contributed by atoms with Gasteiger partial charge in [0.15, 0.2) is 5.69 Å². The van der Waals surface area contributed by atoms with Crippen LogP contribution in [0, 0.1) is 10.1 Å². The third-order valence-corrected chi connectivity index (χ3v) is 6.81. The highest BCUT2D eigenvalue weighted by atomic mass is 28.3. The first kappa shape index (κ1) is 20.0. The van der Waals surface area contributed by atoms with E-state index < -0.39 is 18.9 Å². The number of methoxy groups -OCH3 is 1. The van der Waals surface area contributed by atoms with E-state index >= 15 is 0 Å². The summed E-state index contributed by atoms with van der Waals surface area (Å²) in [5.74, 6) is -0.464. The number of non-ortho nitro benzene ring substituents is 1. The molecule has 1 amide bonds. The van der Waals surface area contributed by atoms with Crippen LogP contribution in [-0.2, 0) is 16.2 Å². The van der Waals surface area contributed by atoms with Crippen LogP contribution in [0.3, 0.4) is 0 Å². The molecule has 1 aromatic carbocycles. The maximum absolute atomic E-state index is 12.3. The smallest absolute Gasteiger partial charge is 0.274 e. The predicted octanol–water partition coefficient (Wildman–Crippen LogP) is 2.52. The quantitative estimate of drug-likeness (QED) is 0.326. The lowest BCUT2D eigenvalue weighted by molar-refractivity contribution is -0.384. The van der Waals surface area contributed by atoms with Crippen LogP contribution in [0.2, 0.25) is 19.6 Å². The van der Waals surface area contributed by atoms with Gasteiger partial charge in [0, 0.05) is 30.4 Å². The van der Waals surface area contributed by atoms with Gasteiger partial charge >= 0.3 is 0 Å². The van der Waals surface area contributed by atoms with Gasteiger partial charge in [-0.3, -0.25) is 14.9 Å². The average molecular weight is 380 g/mol. The number of rotatable bonds is 8. The summed E-state index contributed by atoms with van der Waals surface area (Å²) in [6, 6.07) is 4.32. The molecule has 0 radical (unpaired) electrons. The number of amides is 1. The van der Waals surface area contributed by atoms with Crippen LogP contribution in [-0.4, -0.2) is 48.3 Å². The van der Waals surface area contributed by atoms with E-state index in [1.54, 1.807) is 10.7 Å². The number of nitrogens with zero attached hydrogens (tertiary/aromatic N) is 3. The summed E-state index contributed by atoms with van der Waals surface area (Å²) in [7, 11) is -0.0351. The van der Waals surface area contributed by atoms with E-state index in [0.717, 1.165) is 0 Å². The zero-order valence-corrected chi connectivity index (χ0v) is 16.6. The van der Waals surface area contributed by atoms with E-state index in [0.29, 0.717) is 10.9 Å². The van der Waals surface area contributed by atoms with Gasteiger partial charge in [-0.1, -0.05) is 19.6 Å². The van der Waals surface area contributed by atoms with Crippen molar-refractivity contribution in [2.45, 2.75) is 39.0 Å². The van der Waals surface area contributed by atoms with E-state index in [-0.39, 0.29) is 30.6 Å². The molecule has 10 heteroatoms. The van der Waals surface area contributed by atoms with Gasteiger partial charge in [0.1, 0.15) is 13.5 Å². The minimum Gasteiger partial charge on any atom is -0.364 e. The van der Waals surface area contributed by atoms with Gasteiger partial charge in [0.05, 0.1) is 18.5 Å². The number of benzene rings is 1. The maximum Gasteiger partial charge on any atom is 0.274 e. The fourth-order valence-corrected chi connectivity index (χ4v) is 2.78. The number of nitrogens with one attached hydrogen (secondary N) is 1. The summed E-state index contributed by atoms with van der Waals surface area (Å²) >= 11 is 0. The van der Waals surface area contributed by atoms with Gasteiger partial charge in [-0.2, -0.15) is 5.10 Å². The minimum atomic E-state index is -1.49. The molecule has 1 heterocycles. The molecule has 0 saturated heterocycles. The first-order chi connectivity index (χ1) is 12.1. The number of carbonyl (C=O) groups is 1. The first-order valence-electron chi connectivity index (χ1n) is 8.19. The zero-order chi connectivity index (χ0) is 19.5. The second-order valence-corrected chi connectivity index (χ2v) is 12.6. The number of hydrogen-bond acceptors (Lipinski definition) is 6. The van der Waals surface area contributed by atoms with Crippen LogP contribution < -0.4 is 5.32 Å². The Hall–Kier alpha value is -2.30. The van der Waals surface area contributed by atoms with Crippen LogP contribution in [0.5, 0.6) is 0 Å². The summed E-state index contributed by atoms with van der Waals surface area (Å²) in [6.45, 7) is 8.81. The largest absolute Gasteiger partial charge is 0.364 e. The van der Waals surface area contributed by atoms with E-state index in [1.165, 1.54) is 19.2 Å². The predicted molar refractivity (Wildman–Crippen MR) is 99.6 cm³/mol. The Morgan fingerprint density at radius 1 is 1.42 bits per heavy atom. The van der Waals surface area contributed by atoms with Crippen molar-refractivity contribution < 1.29 is 19.2 Å². The van der Waals surface area contributed by atoms with Crippen molar-refractivity contribution in [1.82, 2.24) is 15.1 Å². The molecule has 26 heavy (non-hydrogen) atoms. The molecule has 142 valence electrons. The van der Waals surface area contributed by atoms with Gasteiger partial charge in [0.25, 0.3) is 11.6 Å². The molecule has 1 unspecified atom stereocenters. The SMILES string of the molecule is COCNC(=O)c1nn(COC(C)[Si](C)(C)C)c2ccc([N+](=O)[O-])cc12. The monoisotopic (exact) mass is 380 g/mol. The minimum absolute atomic E-state index is 0.0191. The summed E-state index contributed by atoms with van der Waals surface area (Å²) in [4.78, 5) is 22.9. The number of carbonyl (C=O) groups excluding carboxylic acids is 1. The highest BCUT2D eigenvalue weighted by Crippen LogP contribution is 2.25. The maximum atomic E-state index is 12.3. The molecule has 1 aromatic heterocycles. The van der Waals surface area contributed by atoms with Crippen LogP contribution in [0.15, 0.2) is 18.2 Å². The summed E-state index contributed by atoms with van der Waals surface area (Å²) in [5.41, 5.74) is 0.686. The van der Waals surface area contributed by atoms with E-state index in [1.807, 2.05) is 6.92 Å². The third-order valence-electron chi connectivity index (χ3n) is 4.20. The molecule has 2 aromatic rings. The lowest BCUT2D eigenvalue weighted by atomic mass is 10.2. The molecular weight excluding hydrogens is 356 g/mol. The highest BCUT2D eigenvalue weighted by Gasteiger charge is 2.25. The Kier molecular flexibility index (Phi) is 6.11. The van der Waals surface area contributed by atoms with Crippen molar-refractivity contribution in [3.05, 3.63) is 34.0 Å². The van der Waals surface area contributed by atoms with Gasteiger partial charge in [-0.25, -0.2) is 4.68 Å². The Morgan fingerprint density at radius 2 is 2.12 bits per heavy atom. The van der Waals surface area contributed by atoms with Gasteiger partial charge in [-0.15, -0.1) is 0 Å². The third kappa shape index (κ3) is 4.45. The molecule has 1 atom stereocenters. The van der Waals surface area contributed by atoms with E-state index in [2.05, 4.69) is 30.1 Å². The van der Waals surface area contributed by atoms with Crippen molar-refractivity contribution in [3.63, 3.8) is 0 Å². The lowest BCUT2D eigenvalue weighted by Gasteiger charge is -2.25. The zero-order valence-electron chi connectivity index (χ0n) is 15.6. The Labute approximate surface area is 152 Å². The fourth-order valence-electron chi connectivity index (χ4n) is 2.20. The molecule has 0 bridgehead atoms. The lowest BCUT2D eigenvalue weighted by Crippen LogP contribution is -2.38. The van der Waals surface area contributed by atoms with Crippen molar-refractivity contribution in [1.29, 1.82) is 0 Å². The number of fused-ring (bicyclic) bond motifs is 1. The highest BCUT2D eigenvalue weighted by molar-refractivity contribution is 6.77. The summed E-state index contributed by atoms with van der Waals surface area (Å²) in [5, 5.41) is 18.3. The topological polar surface area (TPSA) is 109 Å². The normalized spacial score (nSPS) is 13.0. The van der Waals surface area contributed by atoms with Crippen LogP contribution >= 0.6 is 0 Å². The first-order valence-corrected chi connectivity index (χ1v) is 11.8. The molecular formula is C16H24N4O5Si. The van der Waals surface area contributed by atoms with Crippen LogP contribution in [0.1, 0.15) is 17.4 Å². The molecule has 0 fully saturated rings. The average Bonchev–Trinajstić information content (AvgIpc) is 2.94. The molecule has 0 saturated carbocycles. The van der Waals surface area contributed by atoms with Crippen molar-refractivity contribution in [2.75, 3.05) is 13.8 Å². The van der Waals surface area contributed by atoms with Crippen molar-refractivity contribution in [3.8, 4) is 0 Å². The molecule has 1 N–H and O–H groups in total. The van der Waals surface area contributed by atoms with Gasteiger partial charge in [-0.05, 0) is 13.0 Å². The molecule has 0 aliphatic carbocycles. The fraction of sp³-hybridized carbons (Fsp3) is 0.500. The number of aromatic nitrogens is 2. The molecule has 0 aliphatic rings. The van der Waals surface area contributed by atoms with E-state index in [4.69, 9.17) is 9.47 Å². The van der Waals surface area contributed by atoms with Gasteiger partial charge < -0.3 is 14.8 Å². The summed E-state index contributed by atoms with van der Waals surface area (Å²) < 4.78 is 12.3. The van der Waals surface area contributed by atoms with Gasteiger partial charge in [0.2, 0.25) is 0 Å². The number of hydrogen-bond donors (Lipinski definition) is 1. The number of nitro groups is 1.